The Hall–Kier alpha value is -0.910. The summed E-state index contributed by atoms with van der Waals surface area (Å²) in [6.07, 6.45) is -3.89. The Labute approximate surface area is 89.1 Å². The first-order chi connectivity index (χ1) is 6.88. The van der Waals surface area contributed by atoms with Gasteiger partial charge in [0.15, 0.2) is 5.78 Å². The average Bonchev–Trinajstić information content (AvgIpc) is 2.49. The minimum absolute atomic E-state index is 0.0683. The maximum absolute atomic E-state index is 11.8. The first kappa shape index (κ1) is 12.2. The second-order valence-electron chi connectivity index (χ2n) is 3.14. The Morgan fingerprint density at radius 1 is 1.53 bits per heavy atom. The van der Waals surface area contributed by atoms with Crippen LogP contribution in [0.4, 0.5) is 13.2 Å². The van der Waals surface area contributed by atoms with E-state index in [0.717, 1.165) is 5.01 Å². The molecule has 15 heavy (non-hydrogen) atoms. The first-order valence-corrected chi connectivity index (χ1v) is 5.22. The van der Waals surface area contributed by atoms with Crippen molar-refractivity contribution < 1.29 is 18.0 Å². The van der Waals surface area contributed by atoms with E-state index in [2.05, 4.69) is 4.98 Å². The van der Waals surface area contributed by atoms with Crippen molar-refractivity contribution in [3.63, 3.8) is 0 Å². The molecule has 0 amide bonds. The van der Waals surface area contributed by atoms with Crippen LogP contribution in [0.3, 0.4) is 0 Å². The SMILES string of the molecule is Cc1ncc(C(=O)CCCC(F)(F)F)s1. The van der Waals surface area contributed by atoms with Crippen molar-refractivity contribution in [1.29, 1.82) is 0 Å². The van der Waals surface area contributed by atoms with Crippen LogP contribution in [0.5, 0.6) is 0 Å². The number of halogens is 3. The quantitative estimate of drug-likeness (QED) is 0.751. The third kappa shape index (κ3) is 4.42. The van der Waals surface area contributed by atoms with Gasteiger partial charge in [-0.05, 0) is 13.3 Å². The standard InChI is InChI=1S/C9H10F3NOS/c1-6-13-5-8(15-6)7(14)3-2-4-9(10,11)12/h5H,2-4H2,1H3. The molecule has 84 valence electrons. The zero-order valence-corrected chi connectivity index (χ0v) is 8.91. The molecule has 2 nitrogen and oxygen atoms in total. The lowest BCUT2D eigenvalue weighted by Gasteiger charge is -2.03. The molecule has 0 aliphatic rings. The number of aryl methyl sites for hydroxylation is 1. The number of rotatable bonds is 4. The van der Waals surface area contributed by atoms with Crippen LogP contribution in [0.2, 0.25) is 0 Å². The van der Waals surface area contributed by atoms with E-state index in [1.165, 1.54) is 17.5 Å². The van der Waals surface area contributed by atoms with Crippen LogP contribution in [-0.4, -0.2) is 16.9 Å². The van der Waals surface area contributed by atoms with Crippen molar-refractivity contribution in [3.05, 3.63) is 16.1 Å². The Morgan fingerprint density at radius 2 is 2.20 bits per heavy atom. The van der Waals surface area contributed by atoms with E-state index in [9.17, 15) is 18.0 Å². The highest BCUT2D eigenvalue weighted by atomic mass is 32.1. The predicted octanol–water partition coefficient (Wildman–Crippen LogP) is 3.37. The van der Waals surface area contributed by atoms with Gasteiger partial charge in [-0.1, -0.05) is 0 Å². The third-order valence-corrected chi connectivity index (χ3v) is 2.71. The summed E-state index contributed by atoms with van der Waals surface area (Å²) in [4.78, 5) is 15.7. The summed E-state index contributed by atoms with van der Waals surface area (Å²) in [6.45, 7) is 1.75. The van der Waals surface area contributed by atoms with Gasteiger partial charge in [0.1, 0.15) is 0 Å². The lowest BCUT2D eigenvalue weighted by Crippen LogP contribution is -2.08. The van der Waals surface area contributed by atoms with Crippen LogP contribution in [0, 0.1) is 6.92 Å². The number of carbonyl (C=O) groups is 1. The molecule has 0 N–H and O–H groups in total. The molecule has 1 rings (SSSR count). The molecule has 0 bridgehead atoms. The molecule has 1 aromatic heterocycles. The van der Waals surface area contributed by atoms with Crippen molar-refractivity contribution in [3.8, 4) is 0 Å². The number of carbonyl (C=O) groups excluding carboxylic acids is 1. The fourth-order valence-electron chi connectivity index (χ4n) is 1.06. The van der Waals surface area contributed by atoms with Gasteiger partial charge in [0.05, 0.1) is 9.88 Å². The maximum Gasteiger partial charge on any atom is 0.389 e. The fraction of sp³-hybridized carbons (Fsp3) is 0.556. The number of ketones is 1. The van der Waals surface area contributed by atoms with E-state index in [-0.39, 0.29) is 18.6 Å². The third-order valence-electron chi connectivity index (χ3n) is 1.76. The van der Waals surface area contributed by atoms with Crippen molar-refractivity contribution >= 4 is 17.1 Å². The minimum Gasteiger partial charge on any atom is -0.293 e. The van der Waals surface area contributed by atoms with Gasteiger partial charge in [-0.2, -0.15) is 13.2 Å². The molecule has 0 fully saturated rings. The normalized spacial score (nSPS) is 11.7. The number of aromatic nitrogens is 1. The molecule has 0 aromatic carbocycles. The number of thiazole rings is 1. The lowest BCUT2D eigenvalue weighted by atomic mass is 10.1. The molecule has 0 radical (unpaired) electrons. The highest BCUT2D eigenvalue weighted by Gasteiger charge is 2.26. The van der Waals surface area contributed by atoms with E-state index in [4.69, 9.17) is 0 Å². The molecule has 0 aliphatic heterocycles. The molecule has 0 atom stereocenters. The van der Waals surface area contributed by atoms with Crippen molar-refractivity contribution in [2.45, 2.75) is 32.4 Å². The smallest absolute Gasteiger partial charge is 0.293 e. The number of nitrogens with zero attached hydrogens (tertiary/aromatic N) is 1. The number of alkyl halides is 3. The fourth-order valence-corrected chi connectivity index (χ4v) is 1.81. The van der Waals surface area contributed by atoms with E-state index < -0.39 is 12.6 Å². The molecular weight excluding hydrogens is 227 g/mol. The van der Waals surface area contributed by atoms with Gasteiger partial charge in [-0.3, -0.25) is 4.79 Å². The summed E-state index contributed by atoms with van der Waals surface area (Å²) >= 11 is 1.21. The van der Waals surface area contributed by atoms with Gasteiger partial charge in [0.2, 0.25) is 0 Å². The van der Waals surface area contributed by atoms with Gasteiger partial charge in [-0.25, -0.2) is 4.98 Å². The van der Waals surface area contributed by atoms with Gasteiger partial charge >= 0.3 is 6.18 Å². The van der Waals surface area contributed by atoms with Crippen LogP contribution < -0.4 is 0 Å². The number of Topliss-reactive ketones (excluding diaryl/α,β-unsaturated/α-hetero) is 1. The first-order valence-electron chi connectivity index (χ1n) is 4.41. The Bertz CT molecular complexity index is 345. The van der Waals surface area contributed by atoms with E-state index >= 15 is 0 Å². The molecule has 0 saturated heterocycles. The zero-order chi connectivity index (χ0) is 11.5. The van der Waals surface area contributed by atoms with E-state index in [0.29, 0.717) is 4.88 Å². The van der Waals surface area contributed by atoms with Crippen molar-refractivity contribution in [2.24, 2.45) is 0 Å². The molecule has 0 aliphatic carbocycles. The Kier molecular flexibility index (Phi) is 3.84. The van der Waals surface area contributed by atoms with Gasteiger partial charge in [0, 0.05) is 19.0 Å². The molecule has 1 heterocycles. The highest BCUT2D eigenvalue weighted by molar-refractivity contribution is 7.13. The molecule has 0 unspecified atom stereocenters. The summed E-state index contributed by atoms with van der Waals surface area (Å²) in [5.74, 6) is -0.259. The Balaban J connectivity index is 2.37. The lowest BCUT2D eigenvalue weighted by molar-refractivity contribution is -0.135. The second kappa shape index (κ2) is 4.74. The number of hydrogen-bond donors (Lipinski definition) is 0. The van der Waals surface area contributed by atoms with Gasteiger partial charge in [-0.15, -0.1) is 11.3 Å². The predicted molar refractivity (Wildman–Crippen MR) is 51.1 cm³/mol. The zero-order valence-electron chi connectivity index (χ0n) is 8.10. The van der Waals surface area contributed by atoms with Gasteiger partial charge in [0.25, 0.3) is 0 Å². The average molecular weight is 237 g/mol. The summed E-state index contributed by atoms with van der Waals surface area (Å²) in [6, 6.07) is 0. The molecular formula is C9H10F3NOS. The van der Waals surface area contributed by atoms with E-state index in [1.54, 1.807) is 6.92 Å². The molecule has 6 heteroatoms. The van der Waals surface area contributed by atoms with Crippen LogP contribution in [0.1, 0.15) is 33.9 Å². The second-order valence-corrected chi connectivity index (χ2v) is 4.37. The summed E-state index contributed by atoms with van der Waals surface area (Å²) in [7, 11) is 0. The molecule has 0 saturated carbocycles. The monoisotopic (exact) mass is 237 g/mol. The Morgan fingerprint density at radius 3 is 2.67 bits per heavy atom. The van der Waals surface area contributed by atoms with Crippen molar-refractivity contribution in [1.82, 2.24) is 4.98 Å². The van der Waals surface area contributed by atoms with E-state index in [1.807, 2.05) is 0 Å². The largest absolute Gasteiger partial charge is 0.389 e. The van der Waals surface area contributed by atoms with Crippen LogP contribution >= 0.6 is 11.3 Å². The van der Waals surface area contributed by atoms with Crippen LogP contribution in [0.15, 0.2) is 6.20 Å². The minimum atomic E-state index is -4.18. The molecule has 0 spiro atoms. The maximum atomic E-state index is 11.8. The van der Waals surface area contributed by atoms with Gasteiger partial charge < -0.3 is 0 Å². The van der Waals surface area contributed by atoms with Crippen molar-refractivity contribution in [2.75, 3.05) is 0 Å². The summed E-state index contributed by atoms with van der Waals surface area (Å²) < 4.78 is 35.4. The summed E-state index contributed by atoms with van der Waals surface area (Å²) in [5.41, 5.74) is 0. The topological polar surface area (TPSA) is 30.0 Å². The highest BCUT2D eigenvalue weighted by Crippen LogP contribution is 2.23. The van der Waals surface area contributed by atoms with Crippen LogP contribution in [0.25, 0.3) is 0 Å². The number of hydrogen-bond acceptors (Lipinski definition) is 3. The van der Waals surface area contributed by atoms with Crippen LogP contribution in [-0.2, 0) is 0 Å². The molecule has 1 aromatic rings. The summed E-state index contributed by atoms with van der Waals surface area (Å²) in [5, 5.41) is 0.745.